The van der Waals surface area contributed by atoms with Crippen molar-refractivity contribution < 1.29 is 34.5 Å². The lowest BCUT2D eigenvalue weighted by Crippen LogP contribution is -2.73. The number of carbonyl (C=O) groups is 4. The van der Waals surface area contributed by atoms with Crippen molar-refractivity contribution in [2.75, 3.05) is 37.6 Å². The number of fused-ring (bicyclic) bond motifs is 11. The minimum absolute atomic E-state index is 0.0967. The summed E-state index contributed by atoms with van der Waals surface area (Å²) in [6, 6.07) is 13.1. The molecule has 8 atom stereocenters. The second kappa shape index (κ2) is 9.28. The zero-order chi connectivity index (χ0) is 33.6. The number of aliphatic hydroxyl groups excluding tert-OH is 2. The molecular weight excluding hydrogens is 624 g/mol. The highest BCUT2D eigenvalue weighted by Crippen LogP contribution is 2.69. The van der Waals surface area contributed by atoms with E-state index in [4.69, 9.17) is 0 Å². The number of hydrogen-bond donors (Lipinski definition) is 5. The van der Waals surface area contributed by atoms with Gasteiger partial charge in [0.25, 0.3) is 29.4 Å². The SMILES string of the molecule is CS[C@@]1(C(C)C)C(=O)N2C(=C[C@]3(C45c6ccccc6N[C@H]4N4C(=O)[C@H](CO)N(C)C(=O)[C@@]4(O)[C@H]5O)c4ccccc4N[C@H]23)C(=O)N1C. The summed E-state index contributed by atoms with van der Waals surface area (Å²) in [6.07, 6.45) is -0.728. The van der Waals surface area contributed by atoms with Crippen LogP contribution < -0.4 is 10.6 Å². The van der Waals surface area contributed by atoms with Gasteiger partial charge in [-0.1, -0.05) is 50.2 Å². The van der Waals surface area contributed by atoms with Gasteiger partial charge in [-0.05, 0) is 41.5 Å². The van der Waals surface area contributed by atoms with Gasteiger partial charge in [-0.3, -0.25) is 29.0 Å². The number of likely N-dealkylation sites (N-methyl/N-ethyl adjacent to an activating group) is 2. The van der Waals surface area contributed by atoms with Crippen LogP contribution in [0, 0.1) is 5.92 Å². The number of hydrogen-bond acceptors (Lipinski definition) is 10. The van der Waals surface area contributed by atoms with Gasteiger partial charge in [0.2, 0.25) is 0 Å². The van der Waals surface area contributed by atoms with Crippen LogP contribution in [0.5, 0.6) is 0 Å². The van der Waals surface area contributed by atoms with Crippen molar-refractivity contribution >= 4 is 46.8 Å². The summed E-state index contributed by atoms with van der Waals surface area (Å²) in [7, 11) is 2.91. The summed E-state index contributed by atoms with van der Waals surface area (Å²) in [4.78, 5) is 61.3. The van der Waals surface area contributed by atoms with Crippen molar-refractivity contribution in [3.8, 4) is 0 Å². The molecule has 4 amide bonds. The number of rotatable bonds is 4. The Kier molecular flexibility index (Phi) is 5.97. The van der Waals surface area contributed by atoms with Gasteiger partial charge in [-0.15, -0.1) is 11.8 Å². The van der Waals surface area contributed by atoms with E-state index in [1.165, 1.54) is 28.6 Å². The number of piperazine rings is 2. The number of nitrogens with zero attached hydrogens (tertiary/aromatic N) is 4. The van der Waals surface area contributed by atoms with Crippen LogP contribution in [-0.4, -0.2) is 121 Å². The van der Waals surface area contributed by atoms with Gasteiger partial charge in [-0.25, -0.2) is 0 Å². The first-order valence-electron chi connectivity index (χ1n) is 15.6. The third-order valence-corrected chi connectivity index (χ3v) is 13.2. The molecule has 246 valence electrons. The second-order valence-corrected chi connectivity index (χ2v) is 14.5. The number of benzene rings is 2. The normalized spacial score (nSPS) is 38.1. The maximum Gasteiger partial charge on any atom is 0.279 e. The van der Waals surface area contributed by atoms with Crippen LogP contribution >= 0.6 is 11.8 Å². The van der Waals surface area contributed by atoms with Gasteiger partial charge in [0.15, 0.2) is 4.87 Å². The molecule has 0 bridgehead atoms. The second-order valence-electron chi connectivity index (χ2n) is 13.5. The third kappa shape index (κ3) is 2.93. The lowest BCUT2D eigenvalue weighted by molar-refractivity contribution is -0.209. The molecule has 2 aromatic carbocycles. The lowest BCUT2D eigenvalue weighted by Gasteiger charge is -2.52. The van der Waals surface area contributed by atoms with Crippen LogP contribution in [0.3, 0.4) is 0 Å². The minimum Gasteiger partial charge on any atom is -0.394 e. The number of nitrogens with one attached hydrogen (secondary N) is 2. The Morgan fingerprint density at radius 2 is 1.51 bits per heavy atom. The van der Waals surface area contributed by atoms with E-state index in [1.807, 2.05) is 38.1 Å². The molecule has 0 spiro atoms. The van der Waals surface area contributed by atoms with E-state index in [1.54, 1.807) is 43.6 Å². The molecule has 0 radical (unpaired) electrons. The van der Waals surface area contributed by atoms with E-state index in [0.29, 0.717) is 22.5 Å². The van der Waals surface area contributed by atoms with Crippen LogP contribution in [0.15, 0.2) is 60.3 Å². The molecule has 0 aliphatic carbocycles. The standard InChI is InChI=1S/C33H36N6O7S/c1-16(2)33(47-5)29(45)38-21(23(41)37(33)4)14-30(17-10-6-8-12-19(17)34-26(30)38)31-18-11-7-9-13-20(18)35-27(31)39-24(42)22(15-40)36(3)28(44)32(39,46)25(31)43/h6-14,16,22,25-27,34-35,40,43,46H,15H2,1-5H3/t22-,25-,26+,27-,30-,31?,32-,33-/m0/s1. The van der Waals surface area contributed by atoms with E-state index in [2.05, 4.69) is 10.6 Å². The maximum absolute atomic E-state index is 14.9. The Hall–Kier alpha value is -4.11. The largest absolute Gasteiger partial charge is 0.394 e. The molecule has 6 heterocycles. The van der Waals surface area contributed by atoms with Gasteiger partial charge in [0.1, 0.15) is 30.2 Å². The van der Waals surface area contributed by atoms with Crippen molar-refractivity contribution in [3.63, 3.8) is 0 Å². The summed E-state index contributed by atoms with van der Waals surface area (Å²) in [5, 5.41) is 42.4. The molecule has 8 rings (SSSR count). The summed E-state index contributed by atoms with van der Waals surface area (Å²) < 4.78 is 0. The first-order chi connectivity index (χ1) is 22.3. The number of anilines is 2. The molecule has 47 heavy (non-hydrogen) atoms. The van der Waals surface area contributed by atoms with E-state index in [-0.39, 0.29) is 17.5 Å². The van der Waals surface area contributed by atoms with Gasteiger partial charge < -0.3 is 35.8 Å². The average molecular weight is 661 g/mol. The number of amides is 4. The fraction of sp³-hybridized carbons (Fsp3) is 0.455. The fourth-order valence-electron chi connectivity index (χ4n) is 9.63. The molecule has 6 aliphatic heterocycles. The van der Waals surface area contributed by atoms with Crippen molar-refractivity contribution in [1.82, 2.24) is 19.6 Å². The van der Waals surface area contributed by atoms with E-state index in [9.17, 15) is 34.5 Å². The van der Waals surface area contributed by atoms with Crippen LogP contribution in [0.1, 0.15) is 25.0 Å². The monoisotopic (exact) mass is 660 g/mol. The number of para-hydroxylation sites is 2. The van der Waals surface area contributed by atoms with Crippen LogP contribution in [-0.2, 0) is 30.0 Å². The van der Waals surface area contributed by atoms with E-state index in [0.717, 1.165) is 9.80 Å². The summed E-state index contributed by atoms with van der Waals surface area (Å²) in [5.41, 5.74) is -3.62. The Balaban J connectivity index is 1.48. The van der Waals surface area contributed by atoms with Crippen LogP contribution in [0.25, 0.3) is 0 Å². The van der Waals surface area contributed by atoms with Crippen LogP contribution in [0.2, 0.25) is 0 Å². The Morgan fingerprint density at radius 1 is 0.915 bits per heavy atom. The molecule has 0 saturated carbocycles. The summed E-state index contributed by atoms with van der Waals surface area (Å²) >= 11 is 1.28. The minimum atomic E-state index is -2.76. The molecule has 13 nitrogen and oxygen atoms in total. The van der Waals surface area contributed by atoms with E-state index < -0.39 is 70.2 Å². The summed E-state index contributed by atoms with van der Waals surface area (Å²) in [6.45, 7) is 3.07. The average Bonchev–Trinajstić information content (AvgIpc) is 3.73. The smallest absolute Gasteiger partial charge is 0.279 e. The van der Waals surface area contributed by atoms with Gasteiger partial charge in [-0.2, -0.15) is 0 Å². The molecule has 0 aromatic heterocycles. The number of carbonyl (C=O) groups excluding carboxylic acids is 4. The van der Waals surface area contributed by atoms with Gasteiger partial charge in [0.05, 0.1) is 17.4 Å². The molecule has 1 unspecified atom stereocenters. The molecule has 3 fully saturated rings. The van der Waals surface area contributed by atoms with Crippen molar-refractivity contribution in [2.45, 2.75) is 59.8 Å². The highest BCUT2D eigenvalue weighted by Gasteiger charge is 2.85. The Morgan fingerprint density at radius 3 is 2.13 bits per heavy atom. The molecule has 6 aliphatic rings. The van der Waals surface area contributed by atoms with Gasteiger partial charge in [0, 0.05) is 25.5 Å². The van der Waals surface area contributed by atoms with E-state index >= 15 is 0 Å². The molecule has 14 heteroatoms. The summed E-state index contributed by atoms with van der Waals surface area (Å²) in [5.74, 6) is -2.73. The predicted molar refractivity (Wildman–Crippen MR) is 171 cm³/mol. The highest BCUT2D eigenvalue weighted by molar-refractivity contribution is 8.00. The predicted octanol–water partition coefficient (Wildman–Crippen LogP) is 0.00360. The van der Waals surface area contributed by atoms with Crippen LogP contribution in [0.4, 0.5) is 11.4 Å². The van der Waals surface area contributed by atoms with Crippen molar-refractivity contribution in [2.24, 2.45) is 5.92 Å². The van der Waals surface area contributed by atoms with Gasteiger partial charge >= 0.3 is 0 Å². The zero-order valence-corrected chi connectivity index (χ0v) is 27.3. The Bertz CT molecular complexity index is 1840. The van der Waals surface area contributed by atoms with Crippen molar-refractivity contribution in [3.05, 3.63) is 71.4 Å². The molecule has 2 aromatic rings. The number of aliphatic hydroxyl groups is 3. The highest BCUT2D eigenvalue weighted by atomic mass is 32.2. The first kappa shape index (κ1) is 30.2. The molecular formula is C33H36N6O7S. The quantitative estimate of drug-likeness (QED) is 0.302. The zero-order valence-electron chi connectivity index (χ0n) is 26.5. The number of thioether (sulfide) groups is 1. The molecule has 5 N–H and O–H groups in total. The Labute approximate surface area is 275 Å². The first-order valence-corrected chi connectivity index (χ1v) is 16.8. The van der Waals surface area contributed by atoms with Crippen molar-refractivity contribution in [1.29, 1.82) is 0 Å². The lowest BCUT2D eigenvalue weighted by atomic mass is 9.54. The third-order valence-electron chi connectivity index (χ3n) is 11.6. The maximum atomic E-state index is 14.9. The fourth-order valence-corrected chi connectivity index (χ4v) is 10.7. The molecule has 3 saturated heterocycles. The topological polar surface area (TPSA) is 166 Å².